The summed E-state index contributed by atoms with van der Waals surface area (Å²) >= 11 is 12.8. The third-order valence-electron chi connectivity index (χ3n) is 3.60. The van der Waals surface area contributed by atoms with Crippen molar-refractivity contribution in [1.82, 2.24) is 21.5 Å². The van der Waals surface area contributed by atoms with Gasteiger partial charge in [-0.05, 0) is 73.0 Å². The largest absolute Gasteiger partial charge is 0.362 e. The number of thiocarbonyl (C=S) groups is 2. The third kappa shape index (κ3) is 7.67. The second kappa shape index (κ2) is 12.5. The van der Waals surface area contributed by atoms with E-state index < -0.39 is 0 Å². The van der Waals surface area contributed by atoms with Gasteiger partial charge in [0.25, 0.3) is 0 Å². The van der Waals surface area contributed by atoms with Gasteiger partial charge >= 0.3 is 0 Å². The molecule has 0 heterocycles. The molecule has 0 spiro atoms. The molecule has 4 N–H and O–H groups in total. The lowest BCUT2D eigenvalue weighted by Crippen LogP contribution is -2.35. The zero-order chi connectivity index (χ0) is 21.1. The Kier molecular flexibility index (Phi) is 9.95. The van der Waals surface area contributed by atoms with E-state index in [-0.39, 0.29) is 0 Å². The highest BCUT2D eigenvalue weighted by Crippen LogP contribution is 2.12. The molecule has 2 aromatic carbocycles. The van der Waals surface area contributed by atoms with Crippen molar-refractivity contribution in [2.45, 2.75) is 13.8 Å². The lowest BCUT2D eigenvalue weighted by atomic mass is 10.00. The zero-order valence-corrected chi connectivity index (χ0v) is 20.0. The van der Waals surface area contributed by atoms with Gasteiger partial charge in [-0.25, -0.2) is 0 Å². The molecule has 6 nitrogen and oxygen atoms in total. The van der Waals surface area contributed by atoms with Gasteiger partial charge in [0.2, 0.25) is 0 Å². The van der Waals surface area contributed by atoms with Gasteiger partial charge < -0.3 is 10.6 Å². The first kappa shape index (κ1) is 23.2. The Balaban J connectivity index is 2.51. The molecule has 0 bridgehead atoms. The highest BCUT2D eigenvalue weighted by molar-refractivity contribution is 14.1. The summed E-state index contributed by atoms with van der Waals surface area (Å²) in [5, 5.41) is 16.1. The first-order valence-electron chi connectivity index (χ1n) is 9.10. The van der Waals surface area contributed by atoms with Crippen LogP contribution in [0.5, 0.6) is 0 Å². The Hall–Kier alpha value is -2.11. The first-order chi connectivity index (χ1) is 14.0. The molecule has 9 heteroatoms. The summed E-state index contributed by atoms with van der Waals surface area (Å²) in [7, 11) is 0. The zero-order valence-electron chi connectivity index (χ0n) is 16.2. The van der Waals surface area contributed by atoms with Crippen molar-refractivity contribution < 1.29 is 0 Å². The van der Waals surface area contributed by atoms with E-state index in [1.54, 1.807) is 0 Å². The summed E-state index contributed by atoms with van der Waals surface area (Å²) in [6.45, 7) is 5.36. The summed E-state index contributed by atoms with van der Waals surface area (Å²) in [6, 6.07) is 17.9. The molecule has 0 aromatic heterocycles. The van der Waals surface area contributed by atoms with Crippen LogP contribution in [0.1, 0.15) is 25.0 Å². The molecule has 0 saturated heterocycles. The standard InChI is InChI=1S/C20H23IN6S2/c1-3-22-19(28)26-24-17(14-8-6-5-7-9-14)18(25-27-20(29)23-4-2)15-10-12-16(21)13-11-15/h5-13H,3-4H2,1-2H3,(H2,22,26,28)(H2,23,27,29). The smallest absolute Gasteiger partial charge is 0.186 e. The van der Waals surface area contributed by atoms with Crippen LogP contribution in [0.4, 0.5) is 0 Å². The SMILES string of the molecule is CCNC(=S)NN=C(C(=NNC(=S)NCC)c1ccc(I)cc1)c1ccccc1. The van der Waals surface area contributed by atoms with Gasteiger partial charge in [0.15, 0.2) is 10.2 Å². The van der Waals surface area contributed by atoms with E-state index in [1.165, 1.54) is 0 Å². The summed E-state index contributed by atoms with van der Waals surface area (Å²) in [4.78, 5) is 0. The predicted molar refractivity (Wildman–Crippen MR) is 137 cm³/mol. The molecular weight excluding hydrogens is 515 g/mol. The van der Waals surface area contributed by atoms with E-state index in [0.29, 0.717) is 34.7 Å². The fraction of sp³-hybridized carbons (Fsp3) is 0.200. The molecular formula is C20H23IN6S2. The minimum absolute atomic E-state index is 0.444. The average molecular weight is 538 g/mol. The second-order valence-electron chi connectivity index (χ2n) is 5.74. The van der Waals surface area contributed by atoms with Crippen LogP contribution in [0.3, 0.4) is 0 Å². The summed E-state index contributed by atoms with van der Waals surface area (Å²) in [6.07, 6.45) is 0. The van der Waals surface area contributed by atoms with E-state index in [0.717, 1.165) is 14.7 Å². The highest BCUT2D eigenvalue weighted by Gasteiger charge is 2.16. The normalized spacial score (nSPS) is 11.6. The van der Waals surface area contributed by atoms with E-state index >= 15 is 0 Å². The minimum Gasteiger partial charge on any atom is -0.362 e. The monoisotopic (exact) mass is 538 g/mol. The maximum atomic E-state index is 5.27. The van der Waals surface area contributed by atoms with Crippen LogP contribution in [0.25, 0.3) is 0 Å². The number of halogens is 1. The molecule has 0 radical (unpaired) electrons. The van der Waals surface area contributed by atoms with Crippen molar-refractivity contribution in [3.05, 3.63) is 69.3 Å². The van der Waals surface area contributed by atoms with Crippen LogP contribution in [0, 0.1) is 3.57 Å². The van der Waals surface area contributed by atoms with Crippen LogP contribution in [-0.4, -0.2) is 34.7 Å². The molecule has 0 aliphatic rings. The van der Waals surface area contributed by atoms with Crippen molar-refractivity contribution in [2.24, 2.45) is 10.2 Å². The van der Waals surface area contributed by atoms with Gasteiger partial charge in [-0.15, -0.1) is 0 Å². The van der Waals surface area contributed by atoms with E-state index in [1.807, 2.05) is 68.4 Å². The molecule has 0 fully saturated rings. The first-order valence-corrected chi connectivity index (χ1v) is 11.0. The quantitative estimate of drug-likeness (QED) is 0.188. The van der Waals surface area contributed by atoms with Crippen LogP contribution in [0.2, 0.25) is 0 Å². The second-order valence-corrected chi connectivity index (χ2v) is 7.80. The predicted octanol–water partition coefficient (Wildman–Crippen LogP) is 3.37. The van der Waals surface area contributed by atoms with Gasteiger partial charge in [0.05, 0.1) is 0 Å². The molecule has 0 unspecified atom stereocenters. The number of hydrogen-bond donors (Lipinski definition) is 4. The van der Waals surface area contributed by atoms with Gasteiger partial charge in [-0.1, -0.05) is 42.5 Å². The highest BCUT2D eigenvalue weighted by atomic mass is 127. The molecule has 0 atom stereocenters. The third-order valence-corrected chi connectivity index (χ3v) is 4.79. The van der Waals surface area contributed by atoms with Gasteiger partial charge in [-0.3, -0.25) is 10.9 Å². The molecule has 0 saturated carbocycles. The Morgan fingerprint density at radius 3 is 1.66 bits per heavy atom. The van der Waals surface area contributed by atoms with Crippen molar-refractivity contribution in [3.63, 3.8) is 0 Å². The topological polar surface area (TPSA) is 72.8 Å². The van der Waals surface area contributed by atoms with Crippen molar-refractivity contribution in [2.75, 3.05) is 13.1 Å². The minimum atomic E-state index is 0.444. The van der Waals surface area contributed by atoms with Gasteiger partial charge in [0.1, 0.15) is 11.4 Å². The van der Waals surface area contributed by atoms with Crippen molar-refractivity contribution in [3.8, 4) is 0 Å². The summed E-state index contributed by atoms with van der Waals surface area (Å²) in [5.41, 5.74) is 8.89. The van der Waals surface area contributed by atoms with Crippen LogP contribution >= 0.6 is 47.0 Å². The van der Waals surface area contributed by atoms with E-state index in [9.17, 15) is 0 Å². The number of hydrazone groups is 2. The Labute approximate surface area is 195 Å². The Morgan fingerprint density at radius 1 is 0.759 bits per heavy atom. The van der Waals surface area contributed by atoms with Crippen molar-refractivity contribution >= 4 is 68.7 Å². The fourth-order valence-electron chi connectivity index (χ4n) is 2.33. The number of hydrogen-bond acceptors (Lipinski definition) is 4. The molecule has 152 valence electrons. The van der Waals surface area contributed by atoms with Crippen LogP contribution in [-0.2, 0) is 0 Å². The number of nitrogens with one attached hydrogen (secondary N) is 4. The lowest BCUT2D eigenvalue weighted by molar-refractivity contribution is 0.897. The maximum Gasteiger partial charge on any atom is 0.186 e. The van der Waals surface area contributed by atoms with Gasteiger partial charge in [0, 0.05) is 27.8 Å². The van der Waals surface area contributed by atoms with Crippen LogP contribution < -0.4 is 21.5 Å². The average Bonchev–Trinajstić information content (AvgIpc) is 2.72. The molecule has 2 rings (SSSR count). The maximum absolute atomic E-state index is 5.27. The summed E-state index contributed by atoms with van der Waals surface area (Å²) in [5.74, 6) is 0. The number of benzene rings is 2. The number of nitrogens with zero attached hydrogens (tertiary/aromatic N) is 2. The van der Waals surface area contributed by atoms with E-state index in [4.69, 9.17) is 24.4 Å². The Bertz CT molecular complexity index is 882. The molecule has 0 amide bonds. The molecule has 0 aliphatic carbocycles. The summed E-state index contributed by atoms with van der Waals surface area (Å²) < 4.78 is 1.13. The van der Waals surface area contributed by atoms with Crippen LogP contribution in [0.15, 0.2) is 64.8 Å². The Morgan fingerprint density at radius 2 is 1.21 bits per heavy atom. The molecule has 0 aliphatic heterocycles. The number of rotatable bonds is 7. The molecule has 29 heavy (non-hydrogen) atoms. The lowest BCUT2D eigenvalue weighted by Gasteiger charge is -2.13. The van der Waals surface area contributed by atoms with Crippen molar-refractivity contribution in [1.29, 1.82) is 0 Å². The van der Waals surface area contributed by atoms with E-state index in [2.05, 4.69) is 54.3 Å². The molecule has 2 aromatic rings. The van der Waals surface area contributed by atoms with Gasteiger partial charge in [-0.2, -0.15) is 10.2 Å². The fourth-order valence-corrected chi connectivity index (χ4v) is 3.07.